The highest BCUT2D eigenvalue weighted by atomic mass is 32.2. The molecule has 8 heteroatoms. The van der Waals surface area contributed by atoms with E-state index in [0.717, 1.165) is 55.7 Å². The summed E-state index contributed by atoms with van der Waals surface area (Å²) < 4.78 is 23.6. The van der Waals surface area contributed by atoms with Gasteiger partial charge < -0.3 is 15.5 Å². The number of hydrogen-bond donors (Lipinski definition) is 2. The molecule has 0 bridgehead atoms. The lowest BCUT2D eigenvalue weighted by atomic mass is 9.89. The summed E-state index contributed by atoms with van der Waals surface area (Å²) in [6, 6.07) is 22.2. The van der Waals surface area contributed by atoms with Gasteiger partial charge in [0.25, 0.3) is 0 Å². The largest absolute Gasteiger partial charge is 0.370 e. The molecule has 1 aliphatic carbocycles. The number of nitrogens with one attached hydrogen (secondary N) is 2. The number of pyridine rings is 1. The number of nitriles is 1. The van der Waals surface area contributed by atoms with E-state index in [2.05, 4.69) is 38.7 Å². The Hall–Kier alpha value is -3.41. The average molecular weight is 530 g/mol. The lowest BCUT2D eigenvalue weighted by Crippen LogP contribution is -2.54. The third-order valence-corrected chi connectivity index (χ3v) is 8.84. The minimum absolute atomic E-state index is 0.296. The number of piperidine rings is 1. The number of sulfone groups is 1. The summed E-state index contributed by atoms with van der Waals surface area (Å²) in [5.74, 6) is 0.844. The normalized spacial score (nSPS) is 22.0. The molecule has 5 rings (SSSR count). The van der Waals surface area contributed by atoms with Gasteiger partial charge in [0.05, 0.1) is 16.5 Å². The zero-order chi connectivity index (χ0) is 26.5. The molecule has 2 aliphatic rings. The van der Waals surface area contributed by atoms with Gasteiger partial charge in [0.2, 0.25) is 0 Å². The summed E-state index contributed by atoms with van der Waals surface area (Å²) in [7, 11) is -3.22. The van der Waals surface area contributed by atoms with Gasteiger partial charge in [-0.2, -0.15) is 5.26 Å². The number of nitrogens with zero attached hydrogens (tertiary/aromatic N) is 3. The maximum absolute atomic E-state index is 11.8. The molecular formula is C30H35N5O2S. The molecule has 2 fully saturated rings. The fourth-order valence-electron chi connectivity index (χ4n) is 5.67. The van der Waals surface area contributed by atoms with Crippen molar-refractivity contribution in [2.24, 2.45) is 0 Å². The quantitative estimate of drug-likeness (QED) is 0.444. The number of rotatable bonds is 7. The predicted octanol–water partition coefficient (Wildman–Crippen LogP) is 5.01. The number of hydrogen-bond acceptors (Lipinski definition) is 7. The van der Waals surface area contributed by atoms with Crippen LogP contribution in [0.15, 0.2) is 71.8 Å². The molecule has 2 heterocycles. The molecule has 3 aromatic rings. The monoisotopic (exact) mass is 529 g/mol. The second-order valence-electron chi connectivity index (χ2n) is 10.5. The van der Waals surface area contributed by atoms with E-state index in [4.69, 9.17) is 5.26 Å². The maximum Gasteiger partial charge on any atom is 0.175 e. The molecule has 1 saturated carbocycles. The molecule has 1 saturated heterocycles. The summed E-state index contributed by atoms with van der Waals surface area (Å²) >= 11 is 0. The van der Waals surface area contributed by atoms with Crippen LogP contribution in [0.2, 0.25) is 0 Å². The van der Waals surface area contributed by atoms with Crippen LogP contribution in [-0.2, 0) is 9.84 Å². The fraction of sp³-hybridized carbons (Fsp3) is 0.400. The topological polar surface area (TPSA) is 98.1 Å². The molecule has 2 N–H and O–H groups in total. The average Bonchev–Trinajstić information content (AvgIpc) is 2.94. The lowest BCUT2D eigenvalue weighted by molar-refractivity contribution is 0.293. The van der Waals surface area contributed by atoms with E-state index in [0.29, 0.717) is 28.6 Å². The van der Waals surface area contributed by atoms with Crippen LogP contribution >= 0.6 is 0 Å². The van der Waals surface area contributed by atoms with Crippen molar-refractivity contribution in [1.29, 1.82) is 5.26 Å². The van der Waals surface area contributed by atoms with Crippen molar-refractivity contribution in [2.45, 2.75) is 61.5 Å². The van der Waals surface area contributed by atoms with E-state index in [1.54, 1.807) is 12.1 Å². The van der Waals surface area contributed by atoms with Crippen molar-refractivity contribution in [3.8, 4) is 17.2 Å². The Morgan fingerprint density at radius 3 is 2.37 bits per heavy atom. The molecule has 7 nitrogen and oxygen atoms in total. The Kier molecular flexibility index (Phi) is 7.96. The molecule has 0 radical (unpaired) electrons. The summed E-state index contributed by atoms with van der Waals surface area (Å²) in [6.45, 7) is 2.00. The van der Waals surface area contributed by atoms with Crippen LogP contribution in [0.4, 0.5) is 11.5 Å². The summed E-state index contributed by atoms with van der Waals surface area (Å²) in [5.41, 5.74) is 3.85. The van der Waals surface area contributed by atoms with E-state index in [1.165, 1.54) is 24.8 Å². The molecule has 0 spiro atoms. The zero-order valence-corrected chi connectivity index (χ0v) is 22.6. The molecule has 198 valence electrons. The molecule has 2 aromatic carbocycles. The number of anilines is 2. The highest BCUT2D eigenvalue weighted by Gasteiger charge is 2.29. The SMILES string of the molecule is CS(=O)(=O)c1ccc(-c2ccnc(N[C@@H]3CCCC[C@H]3N[C@H]3CCCN(c4ccc(C#N)cc4)C3)c2)cc1. The molecule has 38 heavy (non-hydrogen) atoms. The molecule has 0 unspecified atom stereocenters. The Morgan fingerprint density at radius 2 is 1.66 bits per heavy atom. The third kappa shape index (κ3) is 6.35. The van der Waals surface area contributed by atoms with E-state index in [1.807, 2.05) is 42.6 Å². The Morgan fingerprint density at radius 1 is 0.921 bits per heavy atom. The first-order chi connectivity index (χ1) is 18.4. The van der Waals surface area contributed by atoms with E-state index >= 15 is 0 Å². The van der Waals surface area contributed by atoms with Gasteiger partial charge in [-0.15, -0.1) is 0 Å². The lowest BCUT2D eigenvalue weighted by Gasteiger charge is -2.40. The van der Waals surface area contributed by atoms with Crippen molar-refractivity contribution in [2.75, 3.05) is 29.6 Å². The first-order valence-corrected chi connectivity index (χ1v) is 15.3. The van der Waals surface area contributed by atoms with Crippen LogP contribution in [0, 0.1) is 11.3 Å². The van der Waals surface area contributed by atoms with Gasteiger partial charge in [-0.3, -0.25) is 0 Å². The first-order valence-electron chi connectivity index (χ1n) is 13.4. The molecule has 1 aliphatic heterocycles. The van der Waals surface area contributed by atoms with Crippen LogP contribution in [0.3, 0.4) is 0 Å². The van der Waals surface area contributed by atoms with Crippen LogP contribution < -0.4 is 15.5 Å². The summed E-state index contributed by atoms with van der Waals surface area (Å²) in [5, 5.41) is 16.8. The highest BCUT2D eigenvalue weighted by Crippen LogP contribution is 2.27. The molecule has 0 amide bonds. The second-order valence-corrected chi connectivity index (χ2v) is 12.5. The maximum atomic E-state index is 11.8. The summed E-state index contributed by atoms with van der Waals surface area (Å²) in [4.78, 5) is 7.35. The Bertz CT molecular complexity index is 1380. The summed E-state index contributed by atoms with van der Waals surface area (Å²) in [6.07, 6.45) is 9.99. The molecular weight excluding hydrogens is 494 g/mol. The van der Waals surface area contributed by atoms with Crippen molar-refractivity contribution in [3.63, 3.8) is 0 Å². The number of aromatic nitrogens is 1. The van der Waals surface area contributed by atoms with Crippen molar-refractivity contribution >= 4 is 21.3 Å². The van der Waals surface area contributed by atoms with Crippen molar-refractivity contribution in [3.05, 3.63) is 72.4 Å². The number of benzene rings is 2. The minimum atomic E-state index is -3.22. The van der Waals surface area contributed by atoms with Gasteiger partial charge in [-0.1, -0.05) is 25.0 Å². The minimum Gasteiger partial charge on any atom is -0.370 e. The van der Waals surface area contributed by atoms with E-state index < -0.39 is 9.84 Å². The van der Waals surface area contributed by atoms with Gasteiger partial charge in [0.15, 0.2) is 9.84 Å². The van der Waals surface area contributed by atoms with Crippen LogP contribution in [0.25, 0.3) is 11.1 Å². The fourth-order valence-corrected chi connectivity index (χ4v) is 6.30. The van der Waals surface area contributed by atoms with Gasteiger partial charge in [0.1, 0.15) is 5.82 Å². The molecule has 1 aromatic heterocycles. The van der Waals surface area contributed by atoms with Gasteiger partial charge in [-0.05, 0) is 85.3 Å². The highest BCUT2D eigenvalue weighted by molar-refractivity contribution is 7.90. The van der Waals surface area contributed by atoms with Crippen LogP contribution in [0.5, 0.6) is 0 Å². The van der Waals surface area contributed by atoms with Gasteiger partial charge in [-0.25, -0.2) is 13.4 Å². The Balaban J connectivity index is 1.24. The van der Waals surface area contributed by atoms with Gasteiger partial charge >= 0.3 is 0 Å². The van der Waals surface area contributed by atoms with Crippen molar-refractivity contribution in [1.82, 2.24) is 10.3 Å². The zero-order valence-electron chi connectivity index (χ0n) is 21.8. The van der Waals surface area contributed by atoms with E-state index in [-0.39, 0.29) is 0 Å². The Labute approximate surface area is 225 Å². The van der Waals surface area contributed by atoms with E-state index in [9.17, 15) is 8.42 Å². The predicted molar refractivity (Wildman–Crippen MR) is 152 cm³/mol. The smallest absolute Gasteiger partial charge is 0.175 e. The van der Waals surface area contributed by atoms with Crippen molar-refractivity contribution < 1.29 is 8.42 Å². The first kappa shape index (κ1) is 26.2. The van der Waals surface area contributed by atoms with Gasteiger partial charge in [0, 0.05) is 49.4 Å². The van der Waals surface area contributed by atoms with Crippen LogP contribution in [-0.4, -0.2) is 50.9 Å². The molecule has 3 atom stereocenters. The second kappa shape index (κ2) is 11.5. The standard InChI is InChI=1S/C30H35N5O2S/c1-38(36,37)27-14-10-23(11-15-27)24-16-17-32-30(19-24)34-29-7-3-2-6-28(29)33-25-5-4-18-35(21-25)26-12-8-22(20-31)9-13-26/h8-17,19,25,28-29,33H,2-7,18,21H2,1H3,(H,32,34)/t25-,28+,29+/m0/s1. The third-order valence-electron chi connectivity index (χ3n) is 7.71. The van der Waals surface area contributed by atoms with Crippen LogP contribution in [0.1, 0.15) is 44.1 Å².